The number of hydrogen-bond acceptors (Lipinski definition) is 2. The summed E-state index contributed by atoms with van der Waals surface area (Å²) < 4.78 is 0. The molecule has 0 radical (unpaired) electrons. The molecule has 0 aromatic heterocycles. The van der Waals surface area contributed by atoms with Gasteiger partial charge in [-0.2, -0.15) is 0 Å². The molecule has 5 rings (SSSR count). The van der Waals surface area contributed by atoms with Crippen LogP contribution in [-0.4, -0.2) is 21.9 Å². The first-order valence-electron chi connectivity index (χ1n) is 11.8. The lowest BCUT2D eigenvalue weighted by Crippen LogP contribution is -2.56. The van der Waals surface area contributed by atoms with Crippen molar-refractivity contribution in [2.75, 3.05) is 0 Å². The monoisotopic (exact) mass is 392 g/mol. The van der Waals surface area contributed by atoms with E-state index in [0.29, 0.717) is 17.3 Å². The molecule has 4 aliphatic carbocycles. The second-order valence-corrected chi connectivity index (χ2v) is 11.1. The highest BCUT2D eigenvalue weighted by Crippen LogP contribution is 2.68. The standard InChI is InChI=1S/C27H36O2/c1-25-14-11-21(28)18-20(25)8-9-22-23(25)12-15-26(2)24(22)13-17-27(26,29)16-10-19-6-4-3-5-7-19/h3-7,20-24,28-29H,8-9,11-15,17-18H2,1-2H3/t20-,21+,22-,23+,24+,25-,26-,27-/m0/s1. The minimum Gasteiger partial charge on any atom is -0.393 e. The van der Waals surface area contributed by atoms with E-state index in [1.54, 1.807) is 0 Å². The van der Waals surface area contributed by atoms with Gasteiger partial charge in [0.25, 0.3) is 0 Å². The summed E-state index contributed by atoms with van der Waals surface area (Å²) in [5.41, 5.74) is 0.433. The summed E-state index contributed by atoms with van der Waals surface area (Å²) in [6, 6.07) is 10.1. The van der Waals surface area contributed by atoms with Crippen molar-refractivity contribution >= 4 is 0 Å². The number of aliphatic hydroxyl groups is 2. The molecule has 29 heavy (non-hydrogen) atoms. The number of rotatable bonds is 0. The van der Waals surface area contributed by atoms with Gasteiger partial charge in [-0.15, -0.1) is 0 Å². The number of hydrogen-bond donors (Lipinski definition) is 2. The van der Waals surface area contributed by atoms with Gasteiger partial charge in [0.2, 0.25) is 0 Å². The molecule has 0 amide bonds. The summed E-state index contributed by atoms with van der Waals surface area (Å²) in [6.07, 6.45) is 9.86. The van der Waals surface area contributed by atoms with Gasteiger partial charge in [0.15, 0.2) is 0 Å². The Morgan fingerprint density at radius 3 is 2.45 bits per heavy atom. The smallest absolute Gasteiger partial charge is 0.131 e. The number of fused-ring (bicyclic) bond motifs is 5. The third-order valence-electron chi connectivity index (χ3n) is 9.98. The van der Waals surface area contributed by atoms with Crippen molar-refractivity contribution in [1.82, 2.24) is 0 Å². The van der Waals surface area contributed by atoms with Gasteiger partial charge in [-0.05, 0) is 99.0 Å². The van der Waals surface area contributed by atoms with Crippen molar-refractivity contribution in [2.45, 2.75) is 83.3 Å². The van der Waals surface area contributed by atoms with Crippen molar-refractivity contribution in [3.63, 3.8) is 0 Å². The summed E-state index contributed by atoms with van der Waals surface area (Å²) in [7, 11) is 0. The van der Waals surface area contributed by atoms with Crippen LogP contribution in [0.4, 0.5) is 0 Å². The second-order valence-electron chi connectivity index (χ2n) is 11.1. The van der Waals surface area contributed by atoms with E-state index in [-0.39, 0.29) is 11.5 Å². The molecule has 0 aliphatic heterocycles. The predicted molar refractivity (Wildman–Crippen MR) is 116 cm³/mol. The minimum absolute atomic E-state index is 0.0803. The third kappa shape index (κ3) is 2.92. The Bertz CT molecular complexity index is 822. The topological polar surface area (TPSA) is 40.5 Å². The highest BCUT2D eigenvalue weighted by Gasteiger charge is 2.64. The Kier molecular flexibility index (Phi) is 4.65. The Balaban J connectivity index is 1.42. The molecular formula is C27H36O2. The fourth-order valence-electron chi connectivity index (χ4n) is 8.15. The molecule has 0 heterocycles. The van der Waals surface area contributed by atoms with E-state index in [1.165, 1.54) is 25.7 Å². The van der Waals surface area contributed by atoms with Gasteiger partial charge in [-0.25, -0.2) is 0 Å². The Hall–Kier alpha value is -1.30. The summed E-state index contributed by atoms with van der Waals surface area (Å²) in [5, 5.41) is 21.9. The van der Waals surface area contributed by atoms with Crippen LogP contribution in [0.5, 0.6) is 0 Å². The molecular weight excluding hydrogens is 356 g/mol. The maximum atomic E-state index is 11.7. The molecule has 4 fully saturated rings. The lowest BCUT2D eigenvalue weighted by atomic mass is 9.44. The summed E-state index contributed by atoms with van der Waals surface area (Å²) in [6.45, 7) is 4.86. The average molecular weight is 393 g/mol. The molecule has 2 heteroatoms. The van der Waals surface area contributed by atoms with Crippen molar-refractivity contribution in [3.8, 4) is 11.8 Å². The first kappa shape index (κ1) is 19.7. The van der Waals surface area contributed by atoms with Crippen molar-refractivity contribution in [3.05, 3.63) is 35.9 Å². The summed E-state index contributed by atoms with van der Waals surface area (Å²) in [5.74, 6) is 9.40. The SMILES string of the molecule is C[C@]12CC[C@@H](O)C[C@@H]1CC[C@H]1[C@H]2CC[C@@]2(C)[C@@H]1CC[C@@]2(O)C#Cc1ccccc1. The second kappa shape index (κ2) is 6.86. The maximum absolute atomic E-state index is 11.7. The van der Waals surface area contributed by atoms with Crippen molar-refractivity contribution in [2.24, 2.45) is 34.5 Å². The maximum Gasteiger partial charge on any atom is 0.131 e. The van der Waals surface area contributed by atoms with Crippen LogP contribution >= 0.6 is 0 Å². The van der Waals surface area contributed by atoms with Crippen LogP contribution in [0.25, 0.3) is 0 Å². The minimum atomic E-state index is -0.862. The molecule has 0 unspecified atom stereocenters. The first-order valence-corrected chi connectivity index (χ1v) is 11.8. The Morgan fingerprint density at radius 1 is 0.897 bits per heavy atom. The Labute approximate surface area is 176 Å². The van der Waals surface area contributed by atoms with Crippen LogP contribution in [0.15, 0.2) is 30.3 Å². The van der Waals surface area contributed by atoms with Gasteiger partial charge >= 0.3 is 0 Å². The molecule has 4 aliphatic rings. The molecule has 0 saturated heterocycles. The molecule has 2 nitrogen and oxygen atoms in total. The highest BCUT2D eigenvalue weighted by molar-refractivity contribution is 5.38. The predicted octanol–water partition coefficient (Wildman–Crippen LogP) is 5.17. The van der Waals surface area contributed by atoms with Crippen LogP contribution < -0.4 is 0 Å². The molecule has 0 bridgehead atoms. The lowest BCUT2D eigenvalue weighted by molar-refractivity contribution is -0.144. The van der Waals surface area contributed by atoms with Crippen molar-refractivity contribution in [1.29, 1.82) is 0 Å². The van der Waals surface area contributed by atoms with E-state index in [1.807, 2.05) is 30.3 Å². The number of aliphatic hydroxyl groups excluding tert-OH is 1. The van der Waals surface area contributed by atoms with Gasteiger partial charge in [-0.3, -0.25) is 0 Å². The van der Waals surface area contributed by atoms with Gasteiger partial charge < -0.3 is 10.2 Å². The van der Waals surface area contributed by atoms with Crippen LogP contribution in [0.3, 0.4) is 0 Å². The van der Waals surface area contributed by atoms with E-state index < -0.39 is 5.60 Å². The molecule has 1 aromatic carbocycles. The lowest BCUT2D eigenvalue weighted by Gasteiger charge is -2.61. The number of benzene rings is 1. The third-order valence-corrected chi connectivity index (χ3v) is 9.98. The zero-order chi connectivity index (χ0) is 20.3. The molecule has 156 valence electrons. The fourth-order valence-corrected chi connectivity index (χ4v) is 8.15. The van der Waals surface area contributed by atoms with E-state index in [4.69, 9.17) is 0 Å². The van der Waals surface area contributed by atoms with E-state index in [9.17, 15) is 10.2 Å². The van der Waals surface area contributed by atoms with Gasteiger partial charge in [-0.1, -0.05) is 43.9 Å². The highest BCUT2D eigenvalue weighted by atomic mass is 16.3. The summed E-state index contributed by atoms with van der Waals surface area (Å²) >= 11 is 0. The molecule has 8 atom stereocenters. The van der Waals surface area contributed by atoms with Crippen LogP contribution in [0.1, 0.15) is 77.2 Å². The fraction of sp³-hybridized carbons (Fsp3) is 0.704. The first-order chi connectivity index (χ1) is 13.9. The zero-order valence-corrected chi connectivity index (χ0v) is 18.0. The van der Waals surface area contributed by atoms with E-state index in [0.717, 1.165) is 49.5 Å². The molecule has 4 saturated carbocycles. The quantitative estimate of drug-likeness (QED) is 0.598. The van der Waals surface area contributed by atoms with Gasteiger partial charge in [0, 0.05) is 11.0 Å². The van der Waals surface area contributed by atoms with E-state index in [2.05, 4.69) is 25.7 Å². The van der Waals surface area contributed by atoms with Gasteiger partial charge in [0.1, 0.15) is 5.60 Å². The van der Waals surface area contributed by atoms with Crippen LogP contribution in [0.2, 0.25) is 0 Å². The Morgan fingerprint density at radius 2 is 1.66 bits per heavy atom. The molecule has 2 N–H and O–H groups in total. The van der Waals surface area contributed by atoms with Crippen LogP contribution in [0, 0.1) is 46.3 Å². The largest absolute Gasteiger partial charge is 0.393 e. The molecule has 1 aromatic rings. The van der Waals surface area contributed by atoms with Crippen molar-refractivity contribution < 1.29 is 10.2 Å². The summed E-state index contributed by atoms with van der Waals surface area (Å²) in [4.78, 5) is 0. The van der Waals surface area contributed by atoms with Crippen LogP contribution in [-0.2, 0) is 0 Å². The average Bonchev–Trinajstić information content (AvgIpc) is 2.99. The van der Waals surface area contributed by atoms with Gasteiger partial charge in [0.05, 0.1) is 6.10 Å². The van der Waals surface area contributed by atoms with E-state index >= 15 is 0 Å². The zero-order valence-electron chi connectivity index (χ0n) is 18.0. The molecule has 0 spiro atoms. The normalized spacial score (nSPS) is 48.6.